The largest absolute Gasteiger partial charge is 0.299 e. The molecule has 2 fully saturated rings. The Kier molecular flexibility index (Phi) is 3.13. The van der Waals surface area contributed by atoms with E-state index >= 15 is 0 Å². The van der Waals surface area contributed by atoms with E-state index in [9.17, 15) is 24.5 Å². The fraction of sp³-hybridized carbons (Fsp3) is 0.250. The molecule has 1 saturated heterocycles. The average molecular weight is 362 g/mol. The number of carbonyl (C=O) groups is 3. The first-order chi connectivity index (χ1) is 13.0. The zero-order valence-corrected chi connectivity index (χ0v) is 14.1. The van der Waals surface area contributed by atoms with Crippen LogP contribution in [-0.2, 0) is 14.4 Å². The van der Waals surface area contributed by atoms with E-state index in [0.29, 0.717) is 5.69 Å². The summed E-state index contributed by atoms with van der Waals surface area (Å²) >= 11 is 0. The zero-order valence-electron chi connectivity index (χ0n) is 14.1. The van der Waals surface area contributed by atoms with Gasteiger partial charge in [0.1, 0.15) is 5.78 Å². The predicted molar refractivity (Wildman–Crippen MR) is 94.1 cm³/mol. The molecule has 4 atom stereocenters. The van der Waals surface area contributed by atoms with Gasteiger partial charge >= 0.3 is 0 Å². The van der Waals surface area contributed by atoms with E-state index in [0.717, 1.165) is 16.0 Å². The molecule has 0 aromatic heterocycles. The van der Waals surface area contributed by atoms with Gasteiger partial charge in [0.25, 0.3) is 5.69 Å². The Morgan fingerprint density at radius 3 is 2.19 bits per heavy atom. The highest BCUT2D eigenvalue weighted by atomic mass is 16.6. The van der Waals surface area contributed by atoms with Crippen LogP contribution in [0.4, 0.5) is 11.4 Å². The first-order valence-corrected chi connectivity index (χ1v) is 8.73. The molecule has 6 rings (SSSR count). The SMILES string of the molecule is O=C1C[C@H]2c3ccccc3[C@H]1[C@H]1C(=O)N(c3ccc([N+](=O)[O-])cc3)C(=O)[C@@H]12. The Morgan fingerprint density at radius 2 is 1.52 bits per heavy atom. The normalized spacial score (nSPS) is 28.3. The molecule has 1 saturated carbocycles. The molecule has 0 N–H and O–H groups in total. The van der Waals surface area contributed by atoms with Crippen LogP contribution >= 0.6 is 0 Å². The number of non-ortho nitro benzene ring substituents is 1. The number of anilines is 1. The van der Waals surface area contributed by atoms with E-state index in [4.69, 9.17) is 0 Å². The summed E-state index contributed by atoms with van der Waals surface area (Å²) in [4.78, 5) is 50.3. The highest BCUT2D eigenvalue weighted by molar-refractivity contribution is 6.24. The lowest BCUT2D eigenvalue weighted by atomic mass is 9.56. The maximum absolute atomic E-state index is 13.1. The van der Waals surface area contributed by atoms with Crippen molar-refractivity contribution in [1.29, 1.82) is 0 Å². The van der Waals surface area contributed by atoms with Gasteiger partial charge in [-0.1, -0.05) is 24.3 Å². The minimum atomic E-state index is -0.686. The predicted octanol–water partition coefficient (Wildman–Crippen LogP) is 2.55. The molecule has 0 spiro atoms. The van der Waals surface area contributed by atoms with Crippen LogP contribution in [0.25, 0.3) is 0 Å². The van der Waals surface area contributed by atoms with Crippen LogP contribution < -0.4 is 4.90 Å². The molecule has 1 heterocycles. The second kappa shape index (κ2) is 5.33. The van der Waals surface area contributed by atoms with Crippen LogP contribution in [0.1, 0.15) is 29.4 Å². The number of hydrogen-bond donors (Lipinski definition) is 0. The molecule has 2 aromatic carbocycles. The minimum absolute atomic E-state index is 0.00616. The van der Waals surface area contributed by atoms with Gasteiger partial charge in [-0.15, -0.1) is 0 Å². The molecule has 134 valence electrons. The maximum atomic E-state index is 13.1. The molecule has 2 bridgehead atoms. The van der Waals surface area contributed by atoms with Gasteiger partial charge in [0.05, 0.1) is 28.4 Å². The second-order valence-electron chi connectivity index (χ2n) is 7.22. The standard InChI is InChI=1S/C20H14N2O5/c23-15-9-14-12-3-1-2-4-13(12)16(15)18-17(14)19(24)21(20(18)25)10-5-7-11(8-6-10)22(26)27/h1-8,14,16-18H,9H2/t14-,16+,17+,18+/m0/s1. The molecule has 27 heavy (non-hydrogen) atoms. The third-order valence-corrected chi connectivity index (χ3v) is 6.01. The third-order valence-electron chi connectivity index (χ3n) is 6.01. The van der Waals surface area contributed by atoms with E-state index in [1.807, 2.05) is 24.3 Å². The summed E-state index contributed by atoms with van der Waals surface area (Å²) < 4.78 is 0. The van der Waals surface area contributed by atoms with Gasteiger partial charge in [0.15, 0.2) is 0 Å². The van der Waals surface area contributed by atoms with Gasteiger partial charge in [-0.05, 0) is 23.3 Å². The molecular weight excluding hydrogens is 348 g/mol. The van der Waals surface area contributed by atoms with Gasteiger partial charge in [0.2, 0.25) is 11.8 Å². The van der Waals surface area contributed by atoms with E-state index in [-0.39, 0.29) is 29.7 Å². The monoisotopic (exact) mass is 362 g/mol. The number of rotatable bonds is 2. The van der Waals surface area contributed by atoms with Gasteiger partial charge in [-0.25, -0.2) is 4.90 Å². The number of nitro groups is 1. The summed E-state index contributed by atoms with van der Waals surface area (Å²) in [5.74, 6) is -2.82. The van der Waals surface area contributed by atoms with Gasteiger partial charge < -0.3 is 0 Å². The number of benzene rings is 2. The Labute approximate surface area is 153 Å². The number of imide groups is 1. The van der Waals surface area contributed by atoms with Crippen LogP contribution in [0.15, 0.2) is 48.5 Å². The van der Waals surface area contributed by atoms with Crippen molar-refractivity contribution in [2.24, 2.45) is 11.8 Å². The Morgan fingerprint density at radius 1 is 0.889 bits per heavy atom. The molecule has 0 unspecified atom stereocenters. The number of fused-ring (bicyclic) bond motifs is 1. The summed E-state index contributed by atoms with van der Waals surface area (Å²) in [7, 11) is 0. The van der Waals surface area contributed by atoms with Crippen molar-refractivity contribution < 1.29 is 19.3 Å². The lowest BCUT2D eigenvalue weighted by Crippen LogP contribution is -2.44. The molecule has 0 radical (unpaired) electrons. The van der Waals surface area contributed by atoms with Crippen LogP contribution in [0, 0.1) is 22.0 Å². The van der Waals surface area contributed by atoms with Crippen molar-refractivity contribution >= 4 is 29.0 Å². The van der Waals surface area contributed by atoms with E-state index < -0.39 is 28.6 Å². The van der Waals surface area contributed by atoms with Crippen LogP contribution in [0.3, 0.4) is 0 Å². The topological polar surface area (TPSA) is 97.6 Å². The highest BCUT2D eigenvalue weighted by Gasteiger charge is 2.62. The Balaban J connectivity index is 1.59. The maximum Gasteiger partial charge on any atom is 0.269 e. The van der Waals surface area contributed by atoms with Crippen molar-refractivity contribution in [3.8, 4) is 0 Å². The summed E-state index contributed by atoms with van der Waals surface area (Å²) in [5, 5.41) is 10.8. The van der Waals surface area contributed by atoms with Gasteiger partial charge in [-0.3, -0.25) is 24.5 Å². The molecule has 4 aliphatic rings. The number of nitrogens with zero attached hydrogens (tertiary/aromatic N) is 2. The number of Topliss-reactive ketones (excluding diaryl/α,β-unsaturated/α-hetero) is 1. The zero-order chi connectivity index (χ0) is 18.9. The highest BCUT2D eigenvalue weighted by Crippen LogP contribution is 2.57. The summed E-state index contributed by atoms with van der Waals surface area (Å²) in [6.45, 7) is 0. The lowest BCUT2D eigenvalue weighted by molar-refractivity contribution is -0.384. The number of ketones is 1. The van der Waals surface area contributed by atoms with Gasteiger partial charge in [-0.2, -0.15) is 0 Å². The lowest BCUT2D eigenvalue weighted by Gasteiger charge is -2.43. The molecule has 2 amide bonds. The number of carbonyl (C=O) groups excluding carboxylic acids is 3. The van der Waals surface area contributed by atoms with Crippen molar-refractivity contribution in [2.75, 3.05) is 4.90 Å². The smallest absolute Gasteiger partial charge is 0.269 e. The van der Waals surface area contributed by atoms with Crippen LogP contribution in [0.2, 0.25) is 0 Å². The number of nitro benzene ring substituents is 1. The molecular formula is C20H14N2O5. The van der Waals surface area contributed by atoms with Crippen LogP contribution in [0.5, 0.6) is 0 Å². The minimum Gasteiger partial charge on any atom is -0.299 e. The summed E-state index contributed by atoms with van der Waals surface area (Å²) in [5.41, 5.74) is 2.03. The van der Waals surface area contributed by atoms with Crippen LogP contribution in [-0.4, -0.2) is 22.5 Å². The molecule has 7 heteroatoms. The van der Waals surface area contributed by atoms with Crippen molar-refractivity contribution in [3.05, 3.63) is 69.8 Å². The summed E-state index contributed by atoms with van der Waals surface area (Å²) in [6.07, 6.45) is 0.274. The second-order valence-corrected chi connectivity index (χ2v) is 7.22. The van der Waals surface area contributed by atoms with E-state index in [1.54, 1.807) is 0 Å². The van der Waals surface area contributed by atoms with Gasteiger partial charge in [0, 0.05) is 24.5 Å². The third kappa shape index (κ3) is 1.99. The van der Waals surface area contributed by atoms with Crippen molar-refractivity contribution in [2.45, 2.75) is 18.3 Å². The van der Waals surface area contributed by atoms with E-state index in [1.165, 1.54) is 24.3 Å². The molecule has 2 aromatic rings. The fourth-order valence-corrected chi connectivity index (χ4v) is 4.94. The average Bonchev–Trinajstić information content (AvgIpc) is 2.94. The molecule has 7 nitrogen and oxygen atoms in total. The van der Waals surface area contributed by atoms with Crippen molar-refractivity contribution in [1.82, 2.24) is 0 Å². The molecule has 3 aliphatic carbocycles. The molecule has 1 aliphatic heterocycles. The Hall–Kier alpha value is -3.35. The van der Waals surface area contributed by atoms with Crippen molar-refractivity contribution in [3.63, 3.8) is 0 Å². The first kappa shape index (κ1) is 15.9. The fourth-order valence-electron chi connectivity index (χ4n) is 4.94. The Bertz CT molecular complexity index is 1030. The summed E-state index contributed by atoms with van der Waals surface area (Å²) in [6, 6.07) is 12.9. The van der Waals surface area contributed by atoms with E-state index in [2.05, 4.69) is 0 Å². The quantitative estimate of drug-likeness (QED) is 0.465. The first-order valence-electron chi connectivity index (χ1n) is 8.73. The number of amides is 2. The number of hydrogen-bond acceptors (Lipinski definition) is 5.